The molecule has 1 N–H and O–H groups in total. The highest BCUT2D eigenvalue weighted by Crippen LogP contribution is 2.20. The summed E-state index contributed by atoms with van der Waals surface area (Å²) in [6.07, 6.45) is 4.00. The second-order valence-corrected chi connectivity index (χ2v) is 3.99. The molecule has 2 heteroatoms. The Morgan fingerprint density at radius 1 is 1.50 bits per heavy atom. The van der Waals surface area contributed by atoms with Crippen molar-refractivity contribution < 1.29 is 0 Å². The van der Waals surface area contributed by atoms with Gasteiger partial charge in [0.1, 0.15) is 0 Å². The van der Waals surface area contributed by atoms with Crippen molar-refractivity contribution in [2.24, 2.45) is 5.92 Å². The summed E-state index contributed by atoms with van der Waals surface area (Å²) in [4.78, 5) is 2.45. The molecule has 0 saturated carbocycles. The molecule has 1 heterocycles. The van der Waals surface area contributed by atoms with E-state index in [1.165, 1.54) is 32.4 Å². The molecule has 1 rings (SSSR count). The molecule has 0 aromatic rings. The summed E-state index contributed by atoms with van der Waals surface area (Å²) in [6.45, 7) is 4.81. The Morgan fingerprint density at radius 3 is 2.83 bits per heavy atom. The van der Waals surface area contributed by atoms with Crippen LogP contribution in [0, 0.1) is 5.92 Å². The van der Waals surface area contributed by atoms with Crippen molar-refractivity contribution in [3.8, 4) is 0 Å². The van der Waals surface area contributed by atoms with E-state index < -0.39 is 0 Å². The van der Waals surface area contributed by atoms with Gasteiger partial charge in [-0.1, -0.05) is 13.3 Å². The maximum absolute atomic E-state index is 3.43. The lowest BCUT2D eigenvalue weighted by atomic mass is 9.89. The van der Waals surface area contributed by atoms with E-state index >= 15 is 0 Å². The Hall–Kier alpha value is -0.0800. The predicted molar refractivity (Wildman–Crippen MR) is 53.4 cm³/mol. The SMILES string of the molecule is CCCC1CN(C)CCC1NC. The highest BCUT2D eigenvalue weighted by Gasteiger charge is 2.25. The lowest BCUT2D eigenvalue weighted by Gasteiger charge is -2.36. The molecule has 1 aliphatic rings. The van der Waals surface area contributed by atoms with Crippen LogP contribution in [0.25, 0.3) is 0 Å². The summed E-state index contributed by atoms with van der Waals surface area (Å²) in [5.41, 5.74) is 0. The zero-order valence-electron chi connectivity index (χ0n) is 8.64. The van der Waals surface area contributed by atoms with Gasteiger partial charge in [-0.05, 0) is 39.4 Å². The number of nitrogens with zero attached hydrogens (tertiary/aromatic N) is 1. The number of likely N-dealkylation sites (tertiary alicyclic amines) is 1. The van der Waals surface area contributed by atoms with Crippen molar-refractivity contribution >= 4 is 0 Å². The molecule has 2 unspecified atom stereocenters. The van der Waals surface area contributed by atoms with E-state index in [4.69, 9.17) is 0 Å². The van der Waals surface area contributed by atoms with Gasteiger partial charge in [-0.25, -0.2) is 0 Å². The molecule has 0 aliphatic carbocycles. The minimum atomic E-state index is 0.765. The maximum atomic E-state index is 3.43. The normalized spacial score (nSPS) is 32.2. The number of hydrogen-bond acceptors (Lipinski definition) is 2. The Labute approximate surface area is 76.3 Å². The van der Waals surface area contributed by atoms with Crippen LogP contribution >= 0.6 is 0 Å². The van der Waals surface area contributed by atoms with E-state index in [-0.39, 0.29) is 0 Å². The first-order valence-electron chi connectivity index (χ1n) is 5.13. The molecule has 0 bridgehead atoms. The fourth-order valence-electron chi connectivity index (χ4n) is 2.26. The lowest BCUT2D eigenvalue weighted by molar-refractivity contribution is 0.161. The van der Waals surface area contributed by atoms with Crippen LogP contribution in [0.3, 0.4) is 0 Å². The number of nitrogens with one attached hydrogen (secondary N) is 1. The summed E-state index contributed by atoms with van der Waals surface area (Å²) >= 11 is 0. The summed E-state index contributed by atoms with van der Waals surface area (Å²) < 4.78 is 0. The molecule has 1 fully saturated rings. The summed E-state index contributed by atoms with van der Waals surface area (Å²) in [5, 5.41) is 3.43. The maximum Gasteiger partial charge on any atom is 0.0117 e. The average molecular weight is 170 g/mol. The summed E-state index contributed by atoms with van der Waals surface area (Å²) in [5.74, 6) is 0.874. The molecule has 0 amide bonds. The molecule has 0 aromatic heterocycles. The predicted octanol–water partition coefficient (Wildman–Crippen LogP) is 1.33. The van der Waals surface area contributed by atoms with E-state index in [9.17, 15) is 0 Å². The van der Waals surface area contributed by atoms with Gasteiger partial charge in [0.25, 0.3) is 0 Å². The molecule has 12 heavy (non-hydrogen) atoms. The average Bonchev–Trinajstić information content (AvgIpc) is 2.05. The molecule has 2 nitrogen and oxygen atoms in total. The van der Waals surface area contributed by atoms with E-state index in [0.717, 1.165) is 12.0 Å². The van der Waals surface area contributed by atoms with Crippen LogP contribution < -0.4 is 5.32 Å². The van der Waals surface area contributed by atoms with Crippen molar-refractivity contribution in [2.45, 2.75) is 32.2 Å². The molecule has 1 aliphatic heterocycles. The van der Waals surface area contributed by atoms with Crippen LogP contribution in [0.1, 0.15) is 26.2 Å². The zero-order chi connectivity index (χ0) is 8.97. The molecular weight excluding hydrogens is 148 g/mol. The largest absolute Gasteiger partial charge is 0.317 e. The highest BCUT2D eigenvalue weighted by molar-refractivity contribution is 4.82. The molecule has 1 saturated heterocycles. The van der Waals surface area contributed by atoms with Crippen molar-refractivity contribution in [1.82, 2.24) is 10.2 Å². The van der Waals surface area contributed by atoms with E-state index in [2.05, 4.69) is 31.2 Å². The molecule has 0 spiro atoms. The highest BCUT2D eigenvalue weighted by atomic mass is 15.1. The van der Waals surface area contributed by atoms with Gasteiger partial charge in [0.05, 0.1) is 0 Å². The molecule has 72 valence electrons. The van der Waals surface area contributed by atoms with E-state index in [1.807, 2.05) is 0 Å². The molecule has 2 atom stereocenters. The third-order valence-electron chi connectivity index (χ3n) is 2.97. The van der Waals surface area contributed by atoms with Gasteiger partial charge >= 0.3 is 0 Å². The van der Waals surface area contributed by atoms with Gasteiger partial charge in [-0.2, -0.15) is 0 Å². The van der Waals surface area contributed by atoms with E-state index in [1.54, 1.807) is 0 Å². The van der Waals surface area contributed by atoms with Gasteiger partial charge in [0.2, 0.25) is 0 Å². The smallest absolute Gasteiger partial charge is 0.0117 e. The van der Waals surface area contributed by atoms with Gasteiger partial charge in [0.15, 0.2) is 0 Å². The van der Waals surface area contributed by atoms with Gasteiger partial charge in [-0.15, -0.1) is 0 Å². The van der Waals surface area contributed by atoms with Crippen LogP contribution in [0.2, 0.25) is 0 Å². The Kier molecular flexibility index (Phi) is 4.02. The number of rotatable bonds is 3. The minimum Gasteiger partial charge on any atom is -0.317 e. The monoisotopic (exact) mass is 170 g/mol. The lowest BCUT2D eigenvalue weighted by Crippen LogP contribution is -2.46. The first-order valence-corrected chi connectivity index (χ1v) is 5.13. The van der Waals surface area contributed by atoms with Crippen molar-refractivity contribution in [1.29, 1.82) is 0 Å². The fourth-order valence-corrected chi connectivity index (χ4v) is 2.26. The second-order valence-electron chi connectivity index (χ2n) is 3.99. The second kappa shape index (κ2) is 4.83. The zero-order valence-corrected chi connectivity index (χ0v) is 8.64. The van der Waals surface area contributed by atoms with Crippen molar-refractivity contribution in [3.63, 3.8) is 0 Å². The van der Waals surface area contributed by atoms with Crippen LogP contribution in [0.15, 0.2) is 0 Å². The minimum absolute atomic E-state index is 0.765. The Morgan fingerprint density at radius 2 is 2.25 bits per heavy atom. The van der Waals surface area contributed by atoms with Crippen molar-refractivity contribution in [2.75, 3.05) is 27.2 Å². The molecule has 0 radical (unpaired) electrons. The molecular formula is C10H22N2. The topological polar surface area (TPSA) is 15.3 Å². The van der Waals surface area contributed by atoms with Crippen LogP contribution in [0.5, 0.6) is 0 Å². The summed E-state index contributed by atoms with van der Waals surface area (Å²) in [6, 6.07) is 0.765. The molecule has 0 aromatic carbocycles. The first kappa shape index (κ1) is 10.0. The third-order valence-corrected chi connectivity index (χ3v) is 2.97. The first-order chi connectivity index (χ1) is 5.77. The number of piperidine rings is 1. The quantitative estimate of drug-likeness (QED) is 0.687. The fraction of sp³-hybridized carbons (Fsp3) is 1.00. The van der Waals surface area contributed by atoms with Crippen molar-refractivity contribution in [3.05, 3.63) is 0 Å². The summed E-state index contributed by atoms with van der Waals surface area (Å²) in [7, 11) is 4.33. The van der Waals surface area contributed by atoms with Crippen LogP contribution in [0.4, 0.5) is 0 Å². The van der Waals surface area contributed by atoms with Crippen LogP contribution in [-0.2, 0) is 0 Å². The third kappa shape index (κ3) is 2.46. The van der Waals surface area contributed by atoms with Gasteiger partial charge in [0, 0.05) is 12.6 Å². The van der Waals surface area contributed by atoms with E-state index in [0.29, 0.717) is 0 Å². The number of hydrogen-bond donors (Lipinski definition) is 1. The van der Waals surface area contributed by atoms with Gasteiger partial charge < -0.3 is 10.2 Å². The Balaban J connectivity index is 2.40. The van der Waals surface area contributed by atoms with Gasteiger partial charge in [-0.3, -0.25) is 0 Å². The van der Waals surface area contributed by atoms with Crippen LogP contribution in [-0.4, -0.2) is 38.1 Å². The Bertz CT molecular complexity index is 125. The standard InChI is InChI=1S/C10H22N2/c1-4-5-9-8-12(3)7-6-10(9)11-2/h9-11H,4-8H2,1-3H3.